The highest BCUT2D eigenvalue weighted by Gasteiger charge is 2.28. The number of hydrogen-bond acceptors (Lipinski definition) is 4. The molecule has 0 saturated heterocycles. The van der Waals surface area contributed by atoms with E-state index in [9.17, 15) is 4.55 Å². The minimum Gasteiger partial charge on any atom is -0.598 e. The van der Waals surface area contributed by atoms with Crippen molar-refractivity contribution in [3.8, 4) is 0 Å². The third-order valence-electron chi connectivity index (χ3n) is 4.21. The Hall–Kier alpha value is -0.863. The molecular formula is C19H33N3O2SSi. The Morgan fingerprint density at radius 3 is 2.62 bits per heavy atom. The Kier molecular flexibility index (Phi) is 6.96. The first-order chi connectivity index (χ1) is 12.0. The fourth-order valence-electron chi connectivity index (χ4n) is 2.40. The monoisotopic (exact) mass is 395 g/mol. The molecular weight excluding hydrogens is 362 g/mol. The van der Waals surface area contributed by atoms with E-state index in [1.54, 1.807) is 0 Å². The molecule has 2 rings (SSSR count). The van der Waals surface area contributed by atoms with Crippen molar-refractivity contribution in [1.29, 1.82) is 0 Å². The number of rotatable bonds is 8. The SMILES string of the molecule is C[C@@H](N[S+]([O-])C(C)(C)C)c1ccc2c(c1)ncn2COCC[Si](C)(C)C. The number of hydrogen-bond donors (Lipinski definition) is 1. The maximum Gasteiger partial charge on any atom is 0.136 e. The van der Waals surface area contributed by atoms with Crippen molar-refractivity contribution < 1.29 is 9.29 Å². The molecule has 1 aromatic heterocycles. The zero-order chi connectivity index (χ0) is 19.5. The van der Waals surface area contributed by atoms with Crippen LogP contribution in [0.1, 0.15) is 39.3 Å². The number of fused-ring (bicyclic) bond motifs is 1. The Balaban J connectivity index is 2.02. The summed E-state index contributed by atoms with van der Waals surface area (Å²) in [7, 11) is -1.06. The quantitative estimate of drug-likeness (QED) is 0.407. The molecule has 0 saturated carbocycles. The van der Waals surface area contributed by atoms with Crippen LogP contribution in [0.5, 0.6) is 0 Å². The lowest BCUT2D eigenvalue weighted by Crippen LogP contribution is -2.40. The number of nitrogens with zero attached hydrogens (tertiary/aromatic N) is 2. The van der Waals surface area contributed by atoms with E-state index in [-0.39, 0.29) is 10.8 Å². The summed E-state index contributed by atoms with van der Waals surface area (Å²) < 4.78 is 23.1. The molecule has 0 fully saturated rings. The van der Waals surface area contributed by atoms with Crippen LogP contribution in [0, 0.1) is 0 Å². The molecule has 1 aromatic carbocycles. The molecule has 0 aliphatic heterocycles. The van der Waals surface area contributed by atoms with Crippen molar-refractivity contribution >= 4 is 30.5 Å². The number of imidazole rings is 1. The summed E-state index contributed by atoms with van der Waals surface area (Å²) in [5.74, 6) is 0. The van der Waals surface area contributed by atoms with Crippen LogP contribution in [0.2, 0.25) is 25.7 Å². The highest BCUT2D eigenvalue weighted by molar-refractivity contribution is 7.90. The summed E-state index contributed by atoms with van der Waals surface area (Å²) in [5, 5.41) is 0. The van der Waals surface area contributed by atoms with Gasteiger partial charge in [-0.05, 0) is 51.4 Å². The van der Waals surface area contributed by atoms with Gasteiger partial charge in [-0.3, -0.25) is 0 Å². The first-order valence-corrected chi connectivity index (χ1v) is 14.0. The highest BCUT2D eigenvalue weighted by atomic mass is 32.2. The molecule has 5 nitrogen and oxygen atoms in total. The van der Waals surface area contributed by atoms with E-state index in [4.69, 9.17) is 4.74 Å². The van der Waals surface area contributed by atoms with Crippen molar-refractivity contribution in [3.63, 3.8) is 0 Å². The first kappa shape index (κ1) is 21.4. The highest BCUT2D eigenvalue weighted by Crippen LogP contribution is 2.23. The Morgan fingerprint density at radius 2 is 2.00 bits per heavy atom. The standard InChI is InChI=1S/C19H33N3O2SSi/c1-15(21-25(23)19(2,3)4)16-8-9-18-17(12-16)20-13-22(18)14-24-10-11-26(5,6)7/h8-9,12-13,15,21H,10-11,14H2,1-7H3/t15-,25?/m1/s1. The summed E-state index contributed by atoms with van der Waals surface area (Å²) in [5.41, 5.74) is 3.08. The lowest BCUT2D eigenvalue weighted by molar-refractivity contribution is 0.0898. The van der Waals surface area contributed by atoms with E-state index in [0.29, 0.717) is 6.73 Å². The van der Waals surface area contributed by atoms with Gasteiger partial charge in [-0.25, -0.2) is 4.98 Å². The maximum absolute atomic E-state index is 12.3. The van der Waals surface area contributed by atoms with Gasteiger partial charge in [0.1, 0.15) is 11.5 Å². The minimum absolute atomic E-state index is 0.00222. The van der Waals surface area contributed by atoms with E-state index in [1.807, 2.05) is 38.6 Å². The van der Waals surface area contributed by atoms with Crippen molar-refractivity contribution in [1.82, 2.24) is 14.3 Å². The molecule has 1 N–H and O–H groups in total. The van der Waals surface area contributed by atoms with Gasteiger partial charge in [0.2, 0.25) is 0 Å². The maximum atomic E-state index is 12.3. The fourth-order valence-corrected chi connectivity index (χ4v) is 3.97. The molecule has 2 atom stereocenters. The second kappa shape index (κ2) is 8.44. The largest absolute Gasteiger partial charge is 0.598 e. The van der Waals surface area contributed by atoms with Gasteiger partial charge in [0, 0.05) is 26.0 Å². The number of aromatic nitrogens is 2. The molecule has 26 heavy (non-hydrogen) atoms. The molecule has 2 aromatic rings. The number of nitrogens with one attached hydrogen (secondary N) is 1. The van der Waals surface area contributed by atoms with Gasteiger partial charge < -0.3 is 13.9 Å². The Bertz CT molecular complexity index is 722. The van der Waals surface area contributed by atoms with Crippen LogP contribution < -0.4 is 4.72 Å². The van der Waals surface area contributed by atoms with Gasteiger partial charge in [-0.1, -0.05) is 25.7 Å². The van der Waals surface area contributed by atoms with Crippen LogP contribution in [0.4, 0.5) is 0 Å². The van der Waals surface area contributed by atoms with Crippen molar-refractivity contribution in [3.05, 3.63) is 30.1 Å². The topological polar surface area (TPSA) is 62.1 Å². The third kappa shape index (κ3) is 6.09. The normalized spacial score (nSPS) is 15.4. The minimum atomic E-state index is -1.10. The van der Waals surface area contributed by atoms with E-state index < -0.39 is 19.4 Å². The second-order valence-corrected chi connectivity index (χ2v) is 16.7. The summed E-state index contributed by atoms with van der Waals surface area (Å²) in [6.45, 7) is 16.3. The van der Waals surface area contributed by atoms with Gasteiger partial charge in [0.25, 0.3) is 0 Å². The van der Waals surface area contributed by atoms with Crippen molar-refractivity contribution in [2.75, 3.05) is 6.61 Å². The molecule has 0 spiro atoms. The van der Waals surface area contributed by atoms with Crippen LogP contribution in [-0.4, -0.2) is 33.5 Å². The molecule has 1 heterocycles. The third-order valence-corrected chi connectivity index (χ3v) is 7.60. The molecule has 0 radical (unpaired) electrons. The second-order valence-electron chi connectivity index (χ2n) is 9.03. The number of ether oxygens (including phenoxy) is 1. The van der Waals surface area contributed by atoms with Gasteiger partial charge in [-0.15, -0.1) is 4.72 Å². The molecule has 0 amide bonds. The molecule has 0 aliphatic carbocycles. The predicted molar refractivity (Wildman–Crippen MR) is 113 cm³/mol. The lowest BCUT2D eigenvalue weighted by atomic mass is 10.1. The Labute approximate surface area is 161 Å². The van der Waals surface area contributed by atoms with E-state index in [1.165, 1.54) is 0 Å². The van der Waals surface area contributed by atoms with Crippen LogP contribution in [0.15, 0.2) is 24.5 Å². The first-order valence-electron chi connectivity index (χ1n) is 9.18. The van der Waals surface area contributed by atoms with E-state index in [0.717, 1.165) is 29.2 Å². The molecule has 7 heteroatoms. The van der Waals surface area contributed by atoms with Crippen LogP contribution in [0.3, 0.4) is 0 Å². The van der Waals surface area contributed by atoms with Crippen LogP contribution in [-0.2, 0) is 22.8 Å². The molecule has 146 valence electrons. The van der Waals surface area contributed by atoms with Gasteiger partial charge in [-0.2, -0.15) is 0 Å². The smallest absolute Gasteiger partial charge is 0.136 e. The average Bonchev–Trinajstić information content (AvgIpc) is 2.92. The van der Waals surface area contributed by atoms with E-state index >= 15 is 0 Å². The zero-order valence-electron chi connectivity index (χ0n) is 17.1. The summed E-state index contributed by atoms with van der Waals surface area (Å²) >= 11 is -1.10. The molecule has 0 bridgehead atoms. The molecule has 1 unspecified atom stereocenters. The lowest BCUT2D eigenvalue weighted by Gasteiger charge is -2.26. The fraction of sp³-hybridized carbons (Fsp3) is 0.632. The number of benzene rings is 1. The summed E-state index contributed by atoms with van der Waals surface area (Å²) in [6, 6.07) is 7.36. The van der Waals surface area contributed by atoms with Gasteiger partial charge >= 0.3 is 0 Å². The zero-order valence-corrected chi connectivity index (χ0v) is 18.9. The predicted octanol–water partition coefficient (Wildman–Crippen LogP) is 4.46. The van der Waals surface area contributed by atoms with Crippen LogP contribution in [0.25, 0.3) is 11.0 Å². The van der Waals surface area contributed by atoms with Gasteiger partial charge in [0.15, 0.2) is 0 Å². The Morgan fingerprint density at radius 1 is 1.31 bits per heavy atom. The van der Waals surface area contributed by atoms with Crippen molar-refractivity contribution in [2.24, 2.45) is 0 Å². The summed E-state index contributed by atoms with van der Waals surface area (Å²) in [6.07, 6.45) is 1.83. The van der Waals surface area contributed by atoms with E-state index in [2.05, 4.69) is 47.5 Å². The van der Waals surface area contributed by atoms with Gasteiger partial charge in [0.05, 0.1) is 23.4 Å². The van der Waals surface area contributed by atoms with Crippen LogP contribution >= 0.6 is 0 Å². The molecule has 0 aliphatic rings. The van der Waals surface area contributed by atoms with Crippen molar-refractivity contribution in [2.45, 2.75) is 70.9 Å². The summed E-state index contributed by atoms with van der Waals surface area (Å²) in [4.78, 5) is 4.51. The average molecular weight is 396 g/mol.